The van der Waals surface area contributed by atoms with Crippen LogP contribution in [0.15, 0.2) is 41.3 Å². The Morgan fingerprint density at radius 3 is 2.23 bits per heavy atom. The number of pyridine rings is 1. The van der Waals surface area contributed by atoms with Crippen molar-refractivity contribution in [2.24, 2.45) is 0 Å². The first-order valence-electron chi connectivity index (χ1n) is 9.92. The second-order valence-electron chi connectivity index (χ2n) is 8.33. The maximum Gasteiger partial charge on any atom is 0.471 e. The highest BCUT2D eigenvalue weighted by Crippen LogP contribution is 2.34. The molecule has 0 aliphatic carbocycles. The van der Waals surface area contributed by atoms with Crippen molar-refractivity contribution >= 4 is 28.5 Å². The minimum Gasteiger partial charge on any atom is -0.477 e. The summed E-state index contributed by atoms with van der Waals surface area (Å²) in [6.45, 7) is 0.883. The van der Waals surface area contributed by atoms with E-state index in [0.29, 0.717) is 6.07 Å². The Hall–Kier alpha value is -4.03. The number of aromatic nitrogens is 1. The number of carboxylic acid groups (broad SMARTS) is 1. The Morgan fingerprint density at radius 2 is 1.66 bits per heavy atom. The van der Waals surface area contributed by atoms with Crippen molar-refractivity contribution in [3.05, 3.63) is 69.8 Å². The highest BCUT2D eigenvalue weighted by molar-refractivity contribution is 5.94. The molecule has 2 heterocycles. The second kappa shape index (κ2) is 8.03. The van der Waals surface area contributed by atoms with Gasteiger partial charge >= 0.3 is 18.1 Å². The molecule has 0 bridgehead atoms. The topological polar surface area (TPSA) is 91.6 Å². The normalized spacial score (nSPS) is 15.1. The fourth-order valence-electron chi connectivity index (χ4n) is 4.00. The van der Waals surface area contributed by atoms with Gasteiger partial charge in [-0.05, 0) is 31.2 Å². The molecule has 0 spiro atoms. The van der Waals surface area contributed by atoms with Gasteiger partial charge in [-0.25, -0.2) is 18.0 Å². The average Bonchev–Trinajstić information content (AvgIpc) is 2.72. The molecule has 0 radical (unpaired) electrons. The number of nitrogens with zero attached hydrogens (tertiary/aromatic N) is 2. The predicted octanol–water partition coefficient (Wildman–Crippen LogP) is 3.36. The van der Waals surface area contributed by atoms with Gasteiger partial charge in [-0.1, -0.05) is 0 Å². The van der Waals surface area contributed by atoms with Crippen LogP contribution in [-0.4, -0.2) is 46.4 Å². The Kier molecular flexibility index (Phi) is 5.53. The number of carbonyl (C=O) groups is 2. The molecule has 1 aliphatic rings. The molecule has 0 unspecified atom stereocenters. The fourth-order valence-corrected chi connectivity index (χ4v) is 4.00. The Balaban J connectivity index is 1.82. The van der Waals surface area contributed by atoms with Crippen molar-refractivity contribution < 1.29 is 41.0 Å². The van der Waals surface area contributed by atoms with Crippen LogP contribution in [0, 0.1) is 17.5 Å². The summed E-state index contributed by atoms with van der Waals surface area (Å²) in [5, 5.41) is 10.8. The first-order valence-corrected chi connectivity index (χ1v) is 9.92. The lowest BCUT2D eigenvalue weighted by Gasteiger charge is -2.49. The summed E-state index contributed by atoms with van der Waals surface area (Å²) >= 11 is 0. The molecule has 184 valence electrons. The fraction of sp³-hybridized carbons (Fsp3) is 0.227. The van der Waals surface area contributed by atoms with Gasteiger partial charge < -0.3 is 19.9 Å². The summed E-state index contributed by atoms with van der Waals surface area (Å²) in [6.07, 6.45) is -4.29. The molecule has 2 N–H and O–H groups in total. The van der Waals surface area contributed by atoms with Crippen molar-refractivity contribution in [2.45, 2.75) is 18.6 Å². The zero-order chi connectivity index (χ0) is 25.9. The van der Waals surface area contributed by atoms with E-state index in [-0.39, 0.29) is 30.0 Å². The number of aromatic carboxylic acids is 1. The third-order valence-corrected chi connectivity index (χ3v) is 5.56. The van der Waals surface area contributed by atoms with Crippen molar-refractivity contribution in [1.82, 2.24) is 9.88 Å². The number of hydrogen-bond acceptors (Lipinski definition) is 4. The number of rotatable bonds is 4. The van der Waals surface area contributed by atoms with Gasteiger partial charge in [-0.2, -0.15) is 13.2 Å². The van der Waals surface area contributed by atoms with Crippen LogP contribution in [0.1, 0.15) is 17.3 Å². The summed E-state index contributed by atoms with van der Waals surface area (Å²) in [5.41, 5.74) is -3.82. The third kappa shape index (κ3) is 4.29. The first kappa shape index (κ1) is 24.1. The zero-order valence-corrected chi connectivity index (χ0v) is 17.7. The molecule has 13 heteroatoms. The van der Waals surface area contributed by atoms with E-state index in [1.165, 1.54) is 11.8 Å². The molecule has 1 fully saturated rings. The van der Waals surface area contributed by atoms with Crippen molar-refractivity contribution in [3.8, 4) is 5.69 Å². The minimum atomic E-state index is -5.10. The van der Waals surface area contributed by atoms with E-state index in [9.17, 15) is 45.8 Å². The predicted molar refractivity (Wildman–Crippen MR) is 111 cm³/mol. The molecule has 0 atom stereocenters. The molecule has 4 rings (SSSR count). The number of benzene rings is 2. The highest BCUT2D eigenvalue weighted by atomic mass is 19.4. The summed E-state index contributed by atoms with van der Waals surface area (Å²) in [5.74, 6) is -6.81. The largest absolute Gasteiger partial charge is 0.477 e. The standard InChI is InChI=1S/C22H15F6N3O4/c1-21(29-20(35)22(26,27)28)8-30(9-21)17-6-16-11(5-14(17)25)18(32)12(19(33)34)7-31(16)15-3-2-10(23)4-13(15)24/h2-7H,8-9H2,1H3,(H,29,35)(H,33,34). The van der Waals surface area contributed by atoms with E-state index in [4.69, 9.17) is 0 Å². The number of amides is 1. The first-order chi connectivity index (χ1) is 16.2. The van der Waals surface area contributed by atoms with Crippen molar-refractivity contribution in [2.75, 3.05) is 18.0 Å². The number of alkyl halides is 3. The molecule has 2 aromatic carbocycles. The summed E-state index contributed by atoms with van der Waals surface area (Å²) in [7, 11) is 0. The number of anilines is 1. The molecule has 35 heavy (non-hydrogen) atoms. The molecule has 1 aromatic heterocycles. The number of fused-ring (bicyclic) bond motifs is 1. The van der Waals surface area contributed by atoms with Gasteiger partial charge in [0.2, 0.25) is 5.43 Å². The van der Waals surface area contributed by atoms with Gasteiger partial charge in [0.15, 0.2) is 0 Å². The van der Waals surface area contributed by atoms with E-state index in [1.807, 2.05) is 5.32 Å². The number of carboxylic acids is 1. The number of nitrogens with one attached hydrogen (secondary N) is 1. The van der Waals surface area contributed by atoms with Crippen LogP contribution in [0.25, 0.3) is 16.6 Å². The monoisotopic (exact) mass is 499 g/mol. The van der Waals surface area contributed by atoms with Crippen LogP contribution in [0.2, 0.25) is 0 Å². The van der Waals surface area contributed by atoms with Gasteiger partial charge in [0.25, 0.3) is 0 Å². The second-order valence-corrected chi connectivity index (χ2v) is 8.33. The molecule has 3 aromatic rings. The number of carbonyl (C=O) groups excluding carboxylic acids is 1. The van der Waals surface area contributed by atoms with Gasteiger partial charge in [-0.3, -0.25) is 9.59 Å². The van der Waals surface area contributed by atoms with Gasteiger partial charge in [0.1, 0.15) is 23.0 Å². The van der Waals surface area contributed by atoms with Crippen LogP contribution in [0.3, 0.4) is 0 Å². The molecular weight excluding hydrogens is 484 g/mol. The van der Waals surface area contributed by atoms with E-state index in [1.54, 1.807) is 0 Å². The van der Waals surface area contributed by atoms with Crippen LogP contribution in [-0.2, 0) is 4.79 Å². The Morgan fingerprint density at radius 1 is 1.03 bits per heavy atom. The smallest absolute Gasteiger partial charge is 0.471 e. The van der Waals surface area contributed by atoms with Crippen LogP contribution in [0.4, 0.5) is 32.0 Å². The quantitative estimate of drug-likeness (QED) is 0.538. The maximum absolute atomic E-state index is 14.9. The minimum absolute atomic E-state index is 0.130. The average molecular weight is 499 g/mol. The van der Waals surface area contributed by atoms with Crippen LogP contribution < -0.4 is 15.6 Å². The molecule has 1 amide bonds. The molecule has 0 saturated carbocycles. The lowest BCUT2D eigenvalue weighted by atomic mass is 9.91. The zero-order valence-electron chi connectivity index (χ0n) is 17.7. The molecule has 7 nitrogen and oxygen atoms in total. The highest BCUT2D eigenvalue weighted by Gasteiger charge is 2.47. The van der Waals surface area contributed by atoms with E-state index in [2.05, 4.69) is 0 Å². The number of hydrogen-bond donors (Lipinski definition) is 2. The molecule has 1 saturated heterocycles. The van der Waals surface area contributed by atoms with Crippen LogP contribution in [0.5, 0.6) is 0 Å². The molecule has 1 aliphatic heterocycles. The van der Waals surface area contributed by atoms with E-state index < -0.39 is 57.4 Å². The van der Waals surface area contributed by atoms with Crippen LogP contribution >= 0.6 is 0 Å². The van der Waals surface area contributed by atoms with Crippen molar-refractivity contribution in [3.63, 3.8) is 0 Å². The van der Waals surface area contributed by atoms with Crippen molar-refractivity contribution in [1.29, 1.82) is 0 Å². The molecular formula is C22H15F6N3O4. The summed E-state index contributed by atoms with van der Waals surface area (Å²) in [6, 6.07) is 4.27. The lowest BCUT2D eigenvalue weighted by molar-refractivity contribution is -0.175. The van der Waals surface area contributed by atoms with Gasteiger partial charge in [0, 0.05) is 30.7 Å². The summed E-state index contributed by atoms with van der Waals surface area (Å²) < 4.78 is 81.6. The van der Waals surface area contributed by atoms with Gasteiger partial charge in [0.05, 0.1) is 22.4 Å². The SMILES string of the molecule is CC1(NC(=O)C(F)(F)F)CN(c2cc3c(cc2F)c(=O)c(C(=O)O)cn3-c2ccc(F)cc2F)C1. The number of halogens is 6. The van der Waals surface area contributed by atoms with E-state index in [0.717, 1.165) is 35.0 Å². The third-order valence-electron chi connectivity index (χ3n) is 5.56. The van der Waals surface area contributed by atoms with E-state index >= 15 is 0 Å². The lowest BCUT2D eigenvalue weighted by Crippen LogP contribution is -2.70. The Labute approximate surface area is 192 Å². The summed E-state index contributed by atoms with van der Waals surface area (Å²) in [4.78, 5) is 36.7. The Bertz CT molecular complexity index is 1440. The van der Waals surface area contributed by atoms with Gasteiger partial charge in [-0.15, -0.1) is 0 Å². The maximum atomic E-state index is 14.9.